The van der Waals surface area contributed by atoms with Crippen LogP contribution in [0.2, 0.25) is 5.02 Å². The van der Waals surface area contributed by atoms with Crippen LogP contribution in [0.5, 0.6) is 0 Å². The number of hydrogen-bond acceptors (Lipinski definition) is 5. The van der Waals surface area contributed by atoms with Gasteiger partial charge < -0.3 is 14.4 Å². The second kappa shape index (κ2) is 5.44. The number of anilines is 1. The highest BCUT2D eigenvalue weighted by Crippen LogP contribution is 2.38. The van der Waals surface area contributed by atoms with Crippen molar-refractivity contribution in [3.8, 4) is 0 Å². The lowest BCUT2D eigenvalue weighted by molar-refractivity contribution is -0.384. The summed E-state index contributed by atoms with van der Waals surface area (Å²) in [6.07, 6.45) is 1.56. The molecule has 3 rings (SSSR count). The van der Waals surface area contributed by atoms with Gasteiger partial charge in [0.25, 0.3) is 5.69 Å². The van der Waals surface area contributed by atoms with Crippen LogP contribution < -0.4 is 4.90 Å². The van der Waals surface area contributed by atoms with Crippen molar-refractivity contribution in [2.75, 3.05) is 31.2 Å². The van der Waals surface area contributed by atoms with E-state index in [1.807, 2.05) is 6.92 Å². The van der Waals surface area contributed by atoms with Crippen molar-refractivity contribution in [3.63, 3.8) is 0 Å². The topological polar surface area (TPSA) is 64.8 Å². The van der Waals surface area contributed by atoms with Gasteiger partial charge in [0, 0.05) is 38.1 Å². The molecule has 0 atom stereocenters. The highest BCUT2D eigenvalue weighted by Gasteiger charge is 2.40. The second-order valence-corrected chi connectivity index (χ2v) is 5.85. The number of nitro benzene ring substituents is 1. The first-order valence-corrected chi connectivity index (χ1v) is 7.36. The molecule has 2 aliphatic rings. The molecule has 0 N–H and O–H groups in total. The standard InChI is InChI=1S/C14H17ClN2O4/c1-10-8-11(17(18)19)9-12(15)13(10)16-4-2-14(3-5-16)20-6-7-21-14/h8-9H,2-7H2,1H3. The number of non-ortho nitro benzene ring substituents is 1. The molecule has 0 amide bonds. The Morgan fingerprint density at radius 3 is 2.43 bits per heavy atom. The summed E-state index contributed by atoms with van der Waals surface area (Å²) in [6, 6.07) is 2.98. The maximum atomic E-state index is 10.9. The number of ether oxygens (including phenoxy) is 2. The Labute approximate surface area is 127 Å². The smallest absolute Gasteiger partial charge is 0.271 e. The van der Waals surface area contributed by atoms with Crippen molar-refractivity contribution in [1.29, 1.82) is 0 Å². The molecule has 1 aromatic rings. The predicted octanol–water partition coefficient (Wildman–Crippen LogP) is 2.90. The summed E-state index contributed by atoms with van der Waals surface area (Å²) < 4.78 is 11.4. The minimum Gasteiger partial charge on any atom is -0.370 e. The molecule has 2 aliphatic heterocycles. The van der Waals surface area contributed by atoms with Crippen molar-refractivity contribution >= 4 is 23.0 Å². The lowest BCUT2D eigenvalue weighted by Gasteiger charge is -2.39. The lowest BCUT2D eigenvalue weighted by atomic mass is 10.0. The normalized spacial score (nSPS) is 21.0. The number of nitrogens with zero attached hydrogens (tertiary/aromatic N) is 2. The second-order valence-electron chi connectivity index (χ2n) is 5.44. The third kappa shape index (κ3) is 2.71. The highest BCUT2D eigenvalue weighted by molar-refractivity contribution is 6.33. The van der Waals surface area contributed by atoms with Crippen molar-refractivity contribution in [2.24, 2.45) is 0 Å². The summed E-state index contributed by atoms with van der Waals surface area (Å²) in [5.74, 6) is -0.433. The van der Waals surface area contributed by atoms with E-state index in [0.29, 0.717) is 18.2 Å². The van der Waals surface area contributed by atoms with Gasteiger partial charge in [0.05, 0.1) is 28.8 Å². The molecule has 2 saturated heterocycles. The molecule has 114 valence electrons. The molecule has 0 unspecified atom stereocenters. The van der Waals surface area contributed by atoms with Gasteiger partial charge in [-0.25, -0.2) is 0 Å². The Hall–Kier alpha value is -1.37. The van der Waals surface area contributed by atoms with Crippen LogP contribution in [0.3, 0.4) is 0 Å². The van der Waals surface area contributed by atoms with Gasteiger partial charge in [-0.15, -0.1) is 0 Å². The summed E-state index contributed by atoms with van der Waals surface area (Å²) in [4.78, 5) is 12.6. The average molecular weight is 313 g/mol. The zero-order chi connectivity index (χ0) is 15.0. The van der Waals surface area contributed by atoms with Crippen LogP contribution in [0.1, 0.15) is 18.4 Å². The summed E-state index contributed by atoms with van der Waals surface area (Å²) in [5.41, 5.74) is 1.71. The number of aryl methyl sites for hydroxylation is 1. The van der Waals surface area contributed by atoms with E-state index in [-0.39, 0.29) is 5.69 Å². The number of piperidine rings is 1. The summed E-state index contributed by atoms with van der Waals surface area (Å²) in [7, 11) is 0. The molecule has 1 aromatic carbocycles. The van der Waals surface area contributed by atoms with Crippen molar-refractivity contribution in [2.45, 2.75) is 25.6 Å². The number of benzene rings is 1. The first kappa shape index (κ1) is 14.6. The van der Waals surface area contributed by atoms with Gasteiger partial charge in [-0.05, 0) is 12.5 Å². The predicted molar refractivity (Wildman–Crippen MR) is 78.9 cm³/mol. The zero-order valence-electron chi connectivity index (χ0n) is 11.8. The minimum atomic E-state index is -0.433. The Kier molecular flexibility index (Phi) is 3.77. The van der Waals surface area contributed by atoms with Gasteiger partial charge in [0.2, 0.25) is 0 Å². The van der Waals surface area contributed by atoms with Crippen LogP contribution in [0.25, 0.3) is 0 Å². The summed E-state index contributed by atoms with van der Waals surface area (Å²) in [6.45, 7) is 4.67. The molecule has 0 radical (unpaired) electrons. The fourth-order valence-corrected chi connectivity index (χ4v) is 3.46. The molecule has 1 spiro atoms. The van der Waals surface area contributed by atoms with Crippen LogP contribution >= 0.6 is 11.6 Å². The third-order valence-corrected chi connectivity index (χ3v) is 4.39. The molecule has 2 fully saturated rings. The monoisotopic (exact) mass is 312 g/mol. The molecule has 0 saturated carbocycles. The van der Waals surface area contributed by atoms with Gasteiger partial charge in [0.1, 0.15) is 0 Å². The van der Waals surface area contributed by atoms with Crippen LogP contribution in [-0.4, -0.2) is 37.0 Å². The van der Waals surface area contributed by atoms with Crippen molar-refractivity contribution in [3.05, 3.63) is 32.8 Å². The molecule has 6 nitrogen and oxygen atoms in total. The number of halogens is 1. The number of nitro groups is 1. The minimum absolute atomic E-state index is 0.0252. The van der Waals surface area contributed by atoms with Crippen LogP contribution in [0, 0.1) is 17.0 Å². The van der Waals surface area contributed by atoms with Crippen molar-refractivity contribution < 1.29 is 14.4 Å². The van der Waals surface area contributed by atoms with E-state index >= 15 is 0 Å². The van der Waals surface area contributed by atoms with Gasteiger partial charge in [-0.1, -0.05) is 11.6 Å². The Morgan fingerprint density at radius 1 is 1.29 bits per heavy atom. The molecule has 0 bridgehead atoms. The quantitative estimate of drug-likeness (QED) is 0.620. The van der Waals surface area contributed by atoms with Crippen molar-refractivity contribution in [1.82, 2.24) is 0 Å². The van der Waals surface area contributed by atoms with E-state index in [1.165, 1.54) is 6.07 Å². The first-order valence-electron chi connectivity index (χ1n) is 6.98. The zero-order valence-corrected chi connectivity index (χ0v) is 12.6. The van der Waals surface area contributed by atoms with E-state index in [0.717, 1.165) is 37.2 Å². The molecule has 2 heterocycles. The van der Waals surface area contributed by atoms with Crippen LogP contribution in [-0.2, 0) is 9.47 Å². The number of hydrogen-bond donors (Lipinski definition) is 0. The fraction of sp³-hybridized carbons (Fsp3) is 0.571. The van der Waals surface area contributed by atoms with Gasteiger partial charge in [-0.2, -0.15) is 0 Å². The summed E-state index contributed by atoms with van der Waals surface area (Å²) >= 11 is 6.25. The first-order chi connectivity index (χ1) is 10.0. The molecular weight excluding hydrogens is 296 g/mol. The molecule has 0 aromatic heterocycles. The van der Waals surface area contributed by atoms with Crippen LogP contribution in [0.4, 0.5) is 11.4 Å². The van der Waals surface area contributed by atoms with E-state index < -0.39 is 10.7 Å². The van der Waals surface area contributed by atoms with E-state index in [1.54, 1.807) is 6.07 Å². The molecule has 21 heavy (non-hydrogen) atoms. The van der Waals surface area contributed by atoms with Crippen LogP contribution in [0.15, 0.2) is 12.1 Å². The molecule has 7 heteroatoms. The third-order valence-electron chi connectivity index (χ3n) is 4.10. The largest absolute Gasteiger partial charge is 0.370 e. The highest BCUT2D eigenvalue weighted by atomic mass is 35.5. The van der Waals surface area contributed by atoms with Gasteiger partial charge in [0.15, 0.2) is 5.79 Å². The number of rotatable bonds is 2. The SMILES string of the molecule is Cc1cc([N+](=O)[O-])cc(Cl)c1N1CCC2(CC1)OCCO2. The average Bonchev–Trinajstić information content (AvgIpc) is 2.88. The Morgan fingerprint density at radius 2 is 1.90 bits per heavy atom. The van der Waals surface area contributed by atoms with E-state index in [2.05, 4.69) is 4.90 Å². The van der Waals surface area contributed by atoms with E-state index in [4.69, 9.17) is 21.1 Å². The molecule has 0 aliphatic carbocycles. The molecular formula is C14H17ClN2O4. The lowest BCUT2D eigenvalue weighted by Crippen LogP contribution is -2.45. The maximum absolute atomic E-state index is 10.9. The fourth-order valence-electron chi connectivity index (χ4n) is 3.08. The van der Waals surface area contributed by atoms with E-state index in [9.17, 15) is 10.1 Å². The Bertz CT molecular complexity index is 539. The summed E-state index contributed by atoms with van der Waals surface area (Å²) in [5, 5.41) is 11.3. The van der Waals surface area contributed by atoms with Gasteiger partial charge >= 0.3 is 0 Å². The van der Waals surface area contributed by atoms with Gasteiger partial charge in [-0.3, -0.25) is 10.1 Å². The Balaban J connectivity index is 1.80. The maximum Gasteiger partial charge on any atom is 0.271 e.